The quantitative estimate of drug-likeness (QED) is 0.260. The summed E-state index contributed by atoms with van der Waals surface area (Å²) in [6.45, 7) is 0. The topological polar surface area (TPSA) is 116 Å². The van der Waals surface area contributed by atoms with Crippen LogP contribution in [-0.2, 0) is 4.84 Å². The average molecular weight is 136 g/mol. The molecule has 6 heteroatoms. The summed E-state index contributed by atoms with van der Waals surface area (Å²) in [5, 5.41) is 32.5. The van der Waals surface area contributed by atoms with Gasteiger partial charge in [-0.3, -0.25) is 4.84 Å². The Morgan fingerprint density at radius 3 is 1.67 bits per heavy atom. The molecule has 0 aromatic carbocycles. The second kappa shape index (κ2) is 3.13. The van der Waals surface area contributed by atoms with Crippen molar-refractivity contribution in [3.05, 3.63) is 18.0 Å². The molecular weight excluding hydrogens is 130 g/mol. The molecule has 0 amide bonds. The Morgan fingerprint density at radius 1 is 1.11 bits per heavy atom. The third kappa shape index (κ3) is 2.17. The second-order valence-corrected chi connectivity index (χ2v) is 1.10. The maximum Gasteiger partial charge on any atom is 0.320 e. The maximum absolute atomic E-state index is 8.28. The molecule has 0 saturated carbocycles. The first-order valence-corrected chi connectivity index (χ1v) is 1.83. The Balaban J connectivity index is 4.02. The summed E-state index contributed by atoms with van der Waals surface area (Å²) in [6.07, 6.45) is -1.16. The van der Waals surface area contributed by atoms with Crippen LogP contribution < -0.4 is 5.90 Å². The van der Waals surface area contributed by atoms with Crippen molar-refractivity contribution in [1.29, 1.82) is 0 Å². The highest BCUT2D eigenvalue weighted by molar-refractivity contribution is 5.03. The van der Waals surface area contributed by atoms with Crippen LogP contribution >= 0.6 is 0 Å². The fraction of sp³-hybridized carbons (Fsp3) is 0. The number of nitrogens with two attached hydrogens (primary N) is 1. The molecule has 0 aromatic heterocycles. The number of rotatable bonds is 2. The van der Waals surface area contributed by atoms with Crippen LogP contribution in [-0.4, -0.2) is 20.4 Å². The molecule has 6 nitrogen and oxygen atoms in total. The van der Waals surface area contributed by atoms with E-state index in [4.69, 9.17) is 20.4 Å². The van der Waals surface area contributed by atoms with Gasteiger partial charge in [0.25, 0.3) is 0 Å². The number of hydrogen-bond acceptors (Lipinski definition) is 6. The molecule has 0 spiro atoms. The van der Waals surface area contributed by atoms with Crippen molar-refractivity contribution in [3.63, 3.8) is 0 Å². The highest BCUT2D eigenvalue weighted by atomic mass is 16.7. The molecule has 6 N–H and O–H groups in total. The Labute approximate surface area is 50.4 Å². The van der Waals surface area contributed by atoms with E-state index < -0.39 is 18.0 Å². The van der Waals surface area contributed by atoms with Crippen molar-refractivity contribution < 1.29 is 25.3 Å². The molecule has 0 saturated heterocycles. The average Bonchev–Trinajstić information content (AvgIpc) is 1.84. The van der Waals surface area contributed by atoms with Crippen LogP contribution in [0.5, 0.6) is 0 Å². The zero-order chi connectivity index (χ0) is 7.44. The predicted octanol–water partition coefficient (Wildman–Crippen LogP) is -0.418. The van der Waals surface area contributed by atoms with Gasteiger partial charge in [0.15, 0.2) is 0 Å². The van der Waals surface area contributed by atoms with Gasteiger partial charge >= 0.3 is 12.2 Å². The summed E-state index contributed by atoms with van der Waals surface area (Å²) >= 11 is 0. The van der Waals surface area contributed by atoms with Crippen LogP contribution in [0, 0.1) is 6.29 Å². The zero-order valence-electron chi connectivity index (χ0n) is 4.27. The van der Waals surface area contributed by atoms with Gasteiger partial charge in [0.2, 0.25) is 5.76 Å². The minimum Gasteiger partial charge on any atom is -0.502 e. The Kier molecular flexibility index (Phi) is 2.79. The van der Waals surface area contributed by atoms with Crippen LogP contribution in [0.25, 0.3) is 0 Å². The number of aliphatic hydroxyl groups is 4. The molecule has 0 aliphatic rings. The van der Waals surface area contributed by atoms with Crippen molar-refractivity contribution in [3.8, 4) is 0 Å². The van der Waals surface area contributed by atoms with E-state index in [9.17, 15) is 0 Å². The van der Waals surface area contributed by atoms with Crippen molar-refractivity contribution in [2.75, 3.05) is 0 Å². The highest BCUT2D eigenvalue weighted by Gasteiger charge is 2.16. The number of hydrogen-bond donors (Lipinski definition) is 5. The minimum absolute atomic E-state index is 1.16. The maximum atomic E-state index is 8.28. The van der Waals surface area contributed by atoms with E-state index in [0.29, 0.717) is 0 Å². The van der Waals surface area contributed by atoms with Crippen LogP contribution in [0.3, 0.4) is 0 Å². The van der Waals surface area contributed by atoms with E-state index in [2.05, 4.69) is 10.7 Å². The molecule has 9 heavy (non-hydrogen) atoms. The molecule has 0 atom stereocenters. The van der Waals surface area contributed by atoms with Gasteiger partial charge < -0.3 is 20.4 Å². The van der Waals surface area contributed by atoms with Crippen LogP contribution in [0.2, 0.25) is 0 Å². The van der Waals surface area contributed by atoms with Crippen LogP contribution in [0.15, 0.2) is 11.7 Å². The summed E-state index contributed by atoms with van der Waals surface area (Å²) in [6, 6.07) is 0. The molecule has 0 bridgehead atoms. The zero-order valence-corrected chi connectivity index (χ0v) is 4.27. The molecule has 1 radical (unpaired) electrons. The van der Waals surface area contributed by atoms with E-state index >= 15 is 0 Å². The van der Waals surface area contributed by atoms with E-state index in [1.54, 1.807) is 0 Å². The van der Waals surface area contributed by atoms with Gasteiger partial charge in [-0.2, -0.15) is 0 Å². The largest absolute Gasteiger partial charge is 0.502 e. The lowest BCUT2D eigenvalue weighted by Gasteiger charge is -2.01. The first kappa shape index (κ1) is 8.02. The number of aliphatic hydroxyl groups excluding tert-OH is 3. The minimum atomic E-state index is -1.46. The van der Waals surface area contributed by atoms with Gasteiger partial charge in [0.1, 0.15) is 0 Å². The summed E-state index contributed by atoms with van der Waals surface area (Å²) in [4.78, 5) is 3.52. The molecule has 53 valence electrons. The molecule has 0 aromatic rings. The van der Waals surface area contributed by atoms with Crippen molar-refractivity contribution in [2.24, 2.45) is 5.90 Å². The molecular formula is C3H6NO5. The van der Waals surface area contributed by atoms with Gasteiger partial charge in [-0.1, -0.05) is 0 Å². The molecule has 0 unspecified atom stereocenters. The first-order valence-electron chi connectivity index (χ1n) is 1.83. The summed E-state index contributed by atoms with van der Waals surface area (Å²) in [5.74, 6) is 1.64. The molecule has 0 fully saturated rings. The van der Waals surface area contributed by atoms with Gasteiger partial charge in [-0.15, -0.1) is 0 Å². The fourth-order valence-corrected chi connectivity index (χ4v) is 0.151. The third-order valence-corrected chi connectivity index (χ3v) is 0.526. The fourth-order valence-electron chi connectivity index (χ4n) is 0.151. The van der Waals surface area contributed by atoms with Gasteiger partial charge in [0.05, 0.1) is 0 Å². The monoisotopic (exact) mass is 136 g/mol. The van der Waals surface area contributed by atoms with E-state index in [0.717, 1.165) is 0 Å². The third-order valence-electron chi connectivity index (χ3n) is 0.526. The van der Waals surface area contributed by atoms with Crippen molar-refractivity contribution >= 4 is 0 Å². The van der Waals surface area contributed by atoms with Gasteiger partial charge in [-0.25, -0.2) is 5.90 Å². The lowest BCUT2D eigenvalue weighted by molar-refractivity contribution is -0.00997. The van der Waals surface area contributed by atoms with E-state index in [1.165, 1.54) is 0 Å². The van der Waals surface area contributed by atoms with E-state index in [1.807, 2.05) is 0 Å². The molecule has 0 aliphatic heterocycles. The highest BCUT2D eigenvalue weighted by Crippen LogP contribution is 2.06. The Bertz CT molecular complexity index is 117. The Hall–Kier alpha value is -0.980. The summed E-state index contributed by atoms with van der Waals surface area (Å²) < 4.78 is 0. The van der Waals surface area contributed by atoms with E-state index in [-0.39, 0.29) is 0 Å². The van der Waals surface area contributed by atoms with Crippen molar-refractivity contribution in [1.82, 2.24) is 0 Å². The van der Waals surface area contributed by atoms with Crippen LogP contribution in [0.1, 0.15) is 0 Å². The summed E-state index contributed by atoms with van der Waals surface area (Å²) in [5.41, 5.74) is 0. The Morgan fingerprint density at radius 2 is 1.56 bits per heavy atom. The predicted molar refractivity (Wildman–Crippen MR) is 25.4 cm³/mol. The smallest absolute Gasteiger partial charge is 0.320 e. The second-order valence-electron chi connectivity index (χ2n) is 1.10. The first-order chi connectivity index (χ1) is 4.09. The standard InChI is InChI=1S/C3H6NO5/c4-9-3(8)1(5)2(6)7/h5-8H,4H2. The van der Waals surface area contributed by atoms with Crippen molar-refractivity contribution in [2.45, 2.75) is 0 Å². The summed E-state index contributed by atoms with van der Waals surface area (Å²) in [7, 11) is 0. The SMILES string of the molecule is NO[C](O)C(O)=C(O)O. The normalized spacial score (nSPS) is 9.67. The lowest BCUT2D eigenvalue weighted by atomic mass is 10.5. The van der Waals surface area contributed by atoms with Gasteiger partial charge in [-0.05, 0) is 0 Å². The lowest BCUT2D eigenvalue weighted by Crippen LogP contribution is -2.12. The molecule has 0 rings (SSSR count). The molecule has 0 aliphatic carbocycles. The molecule has 0 heterocycles. The van der Waals surface area contributed by atoms with Gasteiger partial charge in [0, 0.05) is 0 Å². The van der Waals surface area contributed by atoms with Crippen LogP contribution in [0.4, 0.5) is 0 Å².